The minimum Gasteiger partial charge on any atom is -0.352 e. The van der Waals surface area contributed by atoms with Gasteiger partial charge in [0, 0.05) is 6.04 Å². The summed E-state index contributed by atoms with van der Waals surface area (Å²) in [7, 11) is 0. The minimum absolute atomic E-state index is 0.0328. The molecule has 1 amide bonds. The highest BCUT2D eigenvalue weighted by atomic mass is 32.2. The normalized spacial score (nSPS) is 30.9. The van der Waals surface area contributed by atoms with Gasteiger partial charge in [-0.1, -0.05) is 13.8 Å². The molecule has 1 fully saturated rings. The molecule has 0 saturated heterocycles. The van der Waals surface area contributed by atoms with Crippen LogP contribution in [0.3, 0.4) is 0 Å². The lowest BCUT2D eigenvalue weighted by molar-refractivity contribution is -0.123. The molecule has 0 heterocycles. The number of hydrogen-bond acceptors (Lipinski definition) is 3. The number of carbonyl (C=O) groups excluding carboxylic acids is 1. The lowest BCUT2D eigenvalue weighted by Gasteiger charge is -2.33. The van der Waals surface area contributed by atoms with E-state index >= 15 is 0 Å². The Bertz CT molecular complexity index is 248. The van der Waals surface area contributed by atoms with E-state index in [0.29, 0.717) is 12.0 Å². The first-order valence-corrected chi connectivity index (χ1v) is 7.98. The lowest BCUT2D eigenvalue weighted by Crippen LogP contribution is -2.49. The second-order valence-corrected chi connectivity index (χ2v) is 6.38. The van der Waals surface area contributed by atoms with Gasteiger partial charge >= 0.3 is 0 Å². The van der Waals surface area contributed by atoms with Crippen molar-refractivity contribution in [1.29, 1.82) is 0 Å². The number of carbonyl (C=O) groups is 1. The van der Waals surface area contributed by atoms with Crippen LogP contribution in [0.25, 0.3) is 0 Å². The zero-order chi connectivity index (χ0) is 12.8. The highest BCUT2D eigenvalue weighted by molar-refractivity contribution is 7.98. The second kappa shape index (κ2) is 7.27. The van der Waals surface area contributed by atoms with Crippen LogP contribution in [-0.2, 0) is 4.79 Å². The smallest absolute Gasteiger partial charge is 0.237 e. The molecule has 0 radical (unpaired) electrons. The summed E-state index contributed by atoms with van der Waals surface area (Å²) in [4.78, 5) is 11.9. The number of amides is 1. The number of thioether (sulfide) groups is 1. The van der Waals surface area contributed by atoms with E-state index in [1.54, 1.807) is 11.8 Å². The predicted octanol–water partition coefficient (Wildman–Crippen LogP) is 2.01. The van der Waals surface area contributed by atoms with Gasteiger partial charge in [0.05, 0.1) is 6.04 Å². The predicted molar refractivity (Wildman–Crippen MR) is 75.1 cm³/mol. The van der Waals surface area contributed by atoms with Crippen molar-refractivity contribution in [2.45, 2.75) is 51.6 Å². The maximum absolute atomic E-state index is 11.9. The van der Waals surface area contributed by atoms with Gasteiger partial charge in [-0.3, -0.25) is 4.79 Å². The summed E-state index contributed by atoms with van der Waals surface area (Å²) in [6.07, 6.45) is 6.34. The molecule has 4 atom stereocenters. The molecule has 1 saturated carbocycles. The van der Waals surface area contributed by atoms with E-state index in [9.17, 15) is 4.79 Å². The maximum atomic E-state index is 11.9. The molecule has 17 heavy (non-hydrogen) atoms. The van der Waals surface area contributed by atoms with Crippen LogP contribution in [0, 0.1) is 11.8 Å². The third-order valence-electron chi connectivity index (χ3n) is 3.73. The van der Waals surface area contributed by atoms with Crippen molar-refractivity contribution in [2.75, 3.05) is 12.0 Å². The van der Waals surface area contributed by atoms with E-state index in [0.717, 1.165) is 24.5 Å². The molecular formula is C13H26N2OS. The fraction of sp³-hybridized carbons (Fsp3) is 0.923. The summed E-state index contributed by atoms with van der Waals surface area (Å²) in [5.74, 6) is 2.36. The Kier molecular flexibility index (Phi) is 6.34. The third kappa shape index (κ3) is 4.88. The zero-order valence-electron chi connectivity index (χ0n) is 11.2. The number of hydrogen-bond donors (Lipinski definition) is 2. The molecule has 3 nitrogen and oxygen atoms in total. The van der Waals surface area contributed by atoms with Crippen molar-refractivity contribution in [1.82, 2.24) is 5.32 Å². The summed E-state index contributed by atoms with van der Waals surface area (Å²) in [6.45, 7) is 4.52. The standard InChI is InChI=1S/C13H26N2OS/c1-9-4-5-12(10(2)8-9)15-13(16)11(14)6-7-17-3/h9-12H,4-8,14H2,1-3H3,(H,15,16)/t9?,10?,11-,12?/m1/s1. The van der Waals surface area contributed by atoms with Crippen molar-refractivity contribution >= 4 is 17.7 Å². The van der Waals surface area contributed by atoms with Gasteiger partial charge in [0.2, 0.25) is 5.91 Å². The summed E-state index contributed by atoms with van der Waals surface area (Å²) < 4.78 is 0. The summed E-state index contributed by atoms with van der Waals surface area (Å²) >= 11 is 1.73. The van der Waals surface area contributed by atoms with E-state index in [-0.39, 0.29) is 11.9 Å². The van der Waals surface area contributed by atoms with Crippen LogP contribution in [0.4, 0.5) is 0 Å². The van der Waals surface area contributed by atoms with Gasteiger partial charge in [0.1, 0.15) is 0 Å². The first-order valence-electron chi connectivity index (χ1n) is 6.59. The summed E-state index contributed by atoms with van der Waals surface area (Å²) in [5.41, 5.74) is 5.87. The molecule has 1 aliphatic rings. The van der Waals surface area contributed by atoms with E-state index in [1.165, 1.54) is 12.8 Å². The molecule has 0 spiro atoms. The average Bonchev–Trinajstić information content (AvgIpc) is 2.29. The van der Waals surface area contributed by atoms with Gasteiger partial charge in [-0.25, -0.2) is 0 Å². The monoisotopic (exact) mass is 258 g/mol. The number of nitrogens with two attached hydrogens (primary N) is 1. The Balaban J connectivity index is 2.34. The van der Waals surface area contributed by atoms with Crippen LogP contribution in [0.1, 0.15) is 39.5 Å². The Hall–Kier alpha value is -0.220. The molecule has 1 aliphatic carbocycles. The molecular weight excluding hydrogens is 232 g/mol. The van der Waals surface area contributed by atoms with E-state index in [4.69, 9.17) is 5.73 Å². The van der Waals surface area contributed by atoms with Crippen molar-refractivity contribution < 1.29 is 4.79 Å². The zero-order valence-corrected chi connectivity index (χ0v) is 12.1. The van der Waals surface area contributed by atoms with Crippen molar-refractivity contribution in [2.24, 2.45) is 17.6 Å². The Morgan fingerprint density at radius 3 is 2.76 bits per heavy atom. The van der Waals surface area contributed by atoms with E-state index in [1.807, 2.05) is 6.26 Å². The molecule has 0 bridgehead atoms. The van der Waals surface area contributed by atoms with Crippen LogP contribution in [0.15, 0.2) is 0 Å². The molecule has 4 heteroatoms. The molecule has 3 N–H and O–H groups in total. The fourth-order valence-corrected chi connectivity index (χ4v) is 3.04. The molecule has 100 valence electrons. The molecule has 0 aromatic heterocycles. The molecule has 0 aliphatic heterocycles. The third-order valence-corrected chi connectivity index (χ3v) is 4.37. The Morgan fingerprint density at radius 1 is 1.47 bits per heavy atom. The van der Waals surface area contributed by atoms with Crippen molar-refractivity contribution in [3.8, 4) is 0 Å². The molecule has 1 rings (SSSR count). The Labute approximate surface area is 109 Å². The van der Waals surface area contributed by atoms with Crippen molar-refractivity contribution in [3.63, 3.8) is 0 Å². The summed E-state index contributed by atoms with van der Waals surface area (Å²) in [5, 5.41) is 3.12. The highest BCUT2D eigenvalue weighted by Crippen LogP contribution is 2.28. The van der Waals surface area contributed by atoms with Gasteiger partial charge < -0.3 is 11.1 Å². The molecule has 0 aromatic rings. The minimum atomic E-state index is -0.339. The van der Waals surface area contributed by atoms with Crippen LogP contribution < -0.4 is 11.1 Å². The quantitative estimate of drug-likeness (QED) is 0.793. The van der Waals surface area contributed by atoms with E-state index < -0.39 is 0 Å². The SMILES string of the molecule is CSCC[C@@H](N)C(=O)NC1CCC(C)CC1C. The number of rotatable bonds is 5. The van der Waals surface area contributed by atoms with Gasteiger partial charge in [0.15, 0.2) is 0 Å². The highest BCUT2D eigenvalue weighted by Gasteiger charge is 2.27. The van der Waals surface area contributed by atoms with Crippen LogP contribution in [0.5, 0.6) is 0 Å². The molecule has 3 unspecified atom stereocenters. The Morgan fingerprint density at radius 2 is 2.18 bits per heavy atom. The number of nitrogens with one attached hydrogen (secondary N) is 1. The average molecular weight is 258 g/mol. The van der Waals surface area contributed by atoms with Crippen LogP contribution >= 0.6 is 11.8 Å². The fourth-order valence-electron chi connectivity index (χ4n) is 2.55. The van der Waals surface area contributed by atoms with Gasteiger partial charge in [0.25, 0.3) is 0 Å². The second-order valence-electron chi connectivity index (χ2n) is 5.40. The maximum Gasteiger partial charge on any atom is 0.237 e. The first kappa shape index (κ1) is 14.8. The largest absolute Gasteiger partial charge is 0.352 e. The molecule has 0 aromatic carbocycles. The first-order chi connectivity index (χ1) is 8.04. The van der Waals surface area contributed by atoms with E-state index in [2.05, 4.69) is 19.2 Å². The van der Waals surface area contributed by atoms with Gasteiger partial charge in [-0.2, -0.15) is 11.8 Å². The van der Waals surface area contributed by atoms with Crippen LogP contribution in [-0.4, -0.2) is 30.0 Å². The lowest BCUT2D eigenvalue weighted by atomic mass is 9.80. The van der Waals surface area contributed by atoms with Gasteiger partial charge in [-0.15, -0.1) is 0 Å². The van der Waals surface area contributed by atoms with Crippen molar-refractivity contribution in [3.05, 3.63) is 0 Å². The van der Waals surface area contributed by atoms with Gasteiger partial charge in [-0.05, 0) is 49.5 Å². The van der Waals surface area contributed by atoms with Crippen LogP contribution in [0.2, 0.25) is 0 Å². The summed E-state index contributed by atoms with van der Waals surface area (Å²) in [6, 6.07) is -0.00645. The topological polar surface area (TPSA) is 55.1 Å².